The number of anilines is 1. The maximum atomic E-state index is 14.1. The lowest BCUT2D eigenvalue weighted by Gasteiger charge is -2.28. The maximum absolute atomic E-state index is 14.1. The van der Waals surface area contributed by atoms with E-state index in [4.69, 9.17) is 0 Å². The minimum absolute atomic E-state index is 0.0928. The zero-order valence-corrected chi connectivity index (χ0v) is 17.4. The average Bonchev–Trinajstić information content (AvgIpc) is 2.67. The number of aliphatic imine (C=N–C) groups is 1. The predicted molar refractivity (Wildman–Crippen MR) is 120 cm³/mol. The topological polar surface area (TPSA) is 40.0 Å². The van der Waals surface area contributed by atoms with Gasteiger partial charge in [0.25, 0.3) is 0 Å². The molecule has 0 fully saturated rings. The summed E-state index contributed by atoms with van der Waals surface area (Å²) in [6.07, 6.45) is 2.53. The van der Waals surface area contributed by atoms with Gasteiger partial charge in [0.1, 0.15) is 12.2 Å². The molecule has 0 spiro atoms. The fourth-order valence-corrected chi connectivity index (χ4v) is 2.72. The third-order valence-corrected chi connectivity index (χ3v) is 4.79. The van der Waals surface area contributed by atoms with Crippen LogP contribution in [0.3, 0.4) is 0 Å². The van der Waals surface area contributed by atoms with Crippen LogP contribution in [0.25, 0.3) is 16.8 Å². The van der Waals surface area contributed by atoms with E-state index in [9.17, 15) is 4.39 Å². The number of rotatable bonds is 8. The van der Waals surface area contributed by atoms with E-state index in [1.807, 2.05) is 24.3 Å². The largest absolute Gasteiger partial charge is 0.380 e. The van der Waals surface area contributed by atoms with Crippen LogP contribution in [0.2, 0.25) is 0 Å². The van der Waals surface area contributed by atoms with Crippen molar-refractivity contribution in [2.24, 2.45) is 10.1 Å². The number of hydrazone groups is 1. The van der Waals surface area contributed by atoms with Crippen molar-refractivity contribution in [3.8, 4) is 11.1 Å². The summed E-state index contributed by atoms with van der Waals surface area (Å²) < 4.78 is 14.1. The Labute approximate surface area is 167 Å². The highest BCUT2D eigenvalue weighted by atomic mass is 19.1. The smallest absolute Gasteiger partial charge is 0.126 e. The molecule has 0 heterocycles. The Hall–Kier alpha value is -2.95. The Morgan fingerprint density at radius 2 is 1.93 bits per heavy atom. The van der Waals surface area contributed by atoms with Crippen molar-refractivity contribution in [1.29, 1.82) is 0 Å². The van der Waals surface area contributed by atoms with Gasteiger partial charge in [-0.05, 0) is 73.7 Å². The van der Waals surface area contributed by atoms with Crippen molar-refractivity contribution in [3.05, 3.63) is 59.9 Å². The summed E-state index contributed by atoms with van der Waals surface area (Å²) in [6, 6.07) is 11.1. The molecule has 0 saturated carbocycles. The second-order valence-electron chi connectivity index (χ2n) is 7.43. The van der Waals surface area contributed by atoms with Gasteiger partial charge in [0.05, 0.1) is 5.69 Å². The van der Waals surface area contributed by atoms with Crippen LogP contribution >= 0.6 is 0 Å². The van der Waals surface area contributed by atoms with Gasteiger partial charge >= 0.3 is 0 Å². The normalized spacial score (nSPS) is 11.5. The number of hydrogen-bond donors (Lipinski definition) is 1. The molecule has 0 unspecified atom stereocenters. The van der Waals surface area contributed by atoms with E-state index in [1.54, 1.807) is 37.5 Å². The van der Waals surface area contributed by atoms with E-state index in [2.05, 4.69) is 49.5 Å². The highest BCUT2D eigenvalue weighted by Crippen LogP contribution is 2.30. The van der Waals surface area contributed by atoms with E-state index in [0.29, 0.717) is 5.56 Å². The van der Waals surface area contributed by atoms with Crippen molar-refractivity contribution in [2.45, 2.75) is 39.7 Å². The number of benzene rings is 2. The Morgan fingerprint density at radius 3 is 2.50 bits per heavy atom. The van der Waals surface area contributed by atoms with E-state index in [0.717, 1.165) is 34.5 Å². The number of hydrogen-bond acceptors (Lipinski definition) is 3. The van der Waals surface area contributed by atoms with E-state index in [-0.39, 0.29) is 11.4 Å². The van der Waals surface area contributed by atoms with Gasteiger partial charge in [0, 0.05) is 25.0 Å². The first kappa shape index (κ1) is 21.4. The molecule has 0 bridgehead atoms. The van der Waals surface area contributed by atoms with Crippen molar-refractivity contribution in [3.63, 3.8) is 0 Å². The van der Waals surface area contributed by atoms with Gasteiger partial charge in [-0.15, -0.1) is 0 Å². The summed E-state index contributed by atoms with van der Waals surface area (Å²) in [5.41, 5.74) is 4.63. The first-order valence-electron chi connectivity index (χ1n) is 9.28. The lowest BCUT2D eigenvalue weighted by atomic mass is 9.97. The minimum atomic E-state index is -0.234. The van der Waals surface area contributed by atoms with E-state index < -0.39 is 0 Å². The summed E-state index contributed by atoms with van der Waals surface area (Å²) in [5.74, 6) is -0.234. The molecule has 4 nitrogen and oxygen atoms in total. The Balaban J connectivity index is 2.59. The number of aryl methyl sites for hydroxylation is 1. The molecular weight excluding hydrogens is 351 g/mol. The standard InChI is InChI=1S/C23H29FN4/c1-8-23(4,5)27-17(3)19-11-20(18-10-9-16(2)22(24)14-18)13-21(12-19)28(26-7)15-25-6/h9-15,27H,3,7-8H2,1-2,4-6H3. The summed E-state index contributed by atoms with van der Waals surface area (Å²) in [7, 11) is 1.67. The molecule has 0 aromatic heterocycles. The Kier molecular flexibility index (Phi) is 6.73. The molecule has 0 aliphatic heterocycles. The monoisotopic (exact) mass is 380 g/mol. The highest BCUT2D eigenvalue weighted by molar-refractivity contribution is 5.84. The molecule has 0 atom stereocenters. The van der Waals surface area contributed by atoms with Gasteiger partial charge < -0.3 is 5.32 Å². The second-order valence-corrected chi connectivity index (χ2v) is 7.43. The highest BCUT2D eigenvalue weighted by Gasteiger charge is 2.17. The molecule has 0 saturated heterocycles. The summed E-state index contributed by atoms with van der Waals surface area (Å²) in [4.78, 5) is 4.03. The molecule has 5 heteroatoms. The molecule has 148 valence electrons. The van der Waals surface area contributed by atoms with Crippen LogP contribution in [0.15, 0.2) is 53.1 Å². The van der Waals surface area contributed by atoms with E-state index >= 15 is 0 Å². The SMILES string of the molecule is C=NN(C=NC)c1cc(C(=C)NC(C)(C)CC)cc(-c2ccc(C)c(F)c2)c1. The number of nitrogens with zero attached hydrogens (tertiary/aromatic N) is 3. The van der Waals surface area contributed by atoms with Crippen LogP contribution in [0, 0.1) is 12.7 Å². The molecule has 2 aromatic rings. The first-order valence-corrected chi connectivity index (χ1v) is 9.28. The summed E-state index contributed by atoms with van der Waals surface area (Å²) in [6.45, 7) is 16.0. The fraction of sp³-hybridized carbons (Fsp3) is 0.304. The lowest BCUT2D eigenvalue weighted by molar-refractivity contribution is 0.437. The molecule has 0 aliphatic rings. The summed E-state index contributed by atoms with van der Waals surface area (Å²) >= 11 is 0. The Morgan fingerprint density at radius 1 is 1.21 bits per heavy atom. The van der Waals surface area contributed by atoms with Gasteiger partial charge in [-0.25, -0.2) is 9.40 Å². The zero-order chi connectivity index (χ0) is 20.9. The molecule has 0 amide bonds. The van der Waals surface area contributed by atoms with Crippen LogP contribution in [-0.4, -0.2) is 25.6 Å². The second kappa shape index (κ2) is 8.83. The quantitative estimate of drug-likeness (QED) is 0.366. The van der Waals surface area contributed by atoms with Gasteiger partial charge in [-0.2, -0.15) is 5.10 Å². The van der Waals surface area contributed by atoms with Gasteiger partial charge in [0.15, 0.2) is 0 Å². The zero-order valence-electron chi connectivity index (χ0n) is 17.4. The summed E-state index contributed by atoms with van der Waals surface area (Å²) in [5, 5.41) is 9.07. The molecular formula is C23H29FN4. The maximum Gasteiger partial charge on any atom is 0.126 e. The lowest BCUT2D eigenvalue weighted by Crippen LogP contribution is -2.36. The van der Waals surface area contributed by atoms with Crippen LogP contribution in [0.1, 0.15) is 38.3 Å². The van der Waals surface area contributed by atoms with Crippen molar-refractivity contribution < 1.29 is 4.39 Å². The van der Waals surface area contributed by atoms with Crippen molar-refractivity contribution in [1.82, 2.24) is 5.32 Å². The van der Waals surface area contributed by atoms with Crippen LogP contribution in [-0.2, 0) is 0 Å². The molecule has 28 heavy (non-hydrogen) atoms. The molecule has 1 N–H and O–H groups in total. The third-order valence-electron chi connectivity index (χ3n) is 4.79. The first-order chi connectivity index (χ1) is 13.2. The third kappa shape index (κ3) is 5.06. The van der Waals surface area contributed by atoms with Crippen molar-refractivity contribution in [2.75, 3.05) is 12.1 Å². The van der Waals surface area contributed by atoms with Crippen LogP contribution < -0.4 is 10.3 Å². The Bertz CT molecular complexity index is 899. The van der Waals surface area contributed by atoms with Crippen LogP contribution in [0.5, 0.6) is 0 Å². The molecule has 0 aliphatic carbocycles. The van der Waals surface area contributed by atoms with Crippen molar-refractivity contribution >= 4 is 24.4 Å². The molecule has 2 rings (SSSR count). The molecule has 0 radical (unpaired) electrons. The van der Waals surface area contributed by atoms with Gasteiger partial charge in [-0.1, -0.05) is 25.6 Å². The minimum Gasteiger partial charge on any atom is -0.380 e. The molecule has 2 aromatic carbocycles. The predicted octanol–water partition coefficient (Wildman–Crippen LogP) is 5.63. The fourth-order valence-electron chi connectivity index (χ4n) is 2.72. The number of halogens is 1. The average molecular weight is 381 g/mol. The van der Waals surface area contributed by atoms with Crippen LogP contribution in [0.4, 0.5) is 10.1 Å². The number of nitrogens with one attached hydrogen (secondary N) is 1. The van der Waals surface area contributed by atoms with E-state index in [1.165, 1.54) is 0 Å². The van der Waals surface area contributed by atoms with Gasteiger partial charge in [0.2, 0.25) is 0 Å². The van der Waals surface area contributed by atoms with Gasteiger partial charge in [-0.3, -0.25) is 4.99 Å².